The van der Waals surface area contributed by atoms with Gasteiger partial charge >= 0.3 is 5.97 Å². The van der Waals surface area contributed by atoms with Crippen LogP contribution in [0.4, 0.5) is 0 Å². The Labute approximate surface area is 129 Å². The van der Waals surface area contributed by atoms with Crippen molar-refractivity contribution in [2.24, 2.45) is 5.73 Å². The van der Waals surface area contributed by atoms with Gasteiger partial charge in [-0.05, 0) is 49.6 Å². The summed E-state index contributed by atoms with van der Waals surface area (Å²) in [7, 11) is 0. The Morgan fingerprint density at radius 2 is 1.90 bits per heavy atom. The molecule has 1 aromatic carbocycles. The lowest BCUT2D eigenvalue weighted by Crippen LogP contribution is -2.16. The van der Waals surface area contributed by atoms with E-state index in [0.717, 1.165) is 4.88 Å². The second-order valence-corrected chi connectivity index (χ2v) is 6.20. The van der Waals surface area contributed by atoms with Crippen molar-refractivity contribution >= 4 is 17.3 Å². The van der Waals surface area contributed by atoms with Crippen LogP contribution in [-0.2, 0) is 9.53 Å². The number of thiophene rings is 1. The van der Waals surface area contributed by atoms with Crippen molar-refractivity contribution in [2.45, 2.75) is 33.2 Å². The molecule has 0 fully saturated rings. The number of ether oxygens (including phenoxy) is 1. The molecule has 0 aliphatic rings. The van der Waals surface area contributed by atoms with Gasteiger partial charge in [-0.2, -0.15) is 0 Å². The van der Waals surface area contributed by atoms with E-state index in [1.54, 1.807) is 18.3 Å². The lowest BCUT2D eigenvalue weighted by Gasteiger charge is -2.09. The summed E-state index contributed by atoms with van der Waals surface area (Å²) >= 11 is 1.65. The summed E-state index contributed by atoms with van der Waals surface area (Å²) in [6, 6.07) is 10.1. The van der Waals surface area contributed by atoms with Gasteiger partial charge in [0.15, 0.2) is 0 Å². The molecule has 2 aromatic rings. The zero-order valence-electron chi connectivity index (χ0n) is 12.7. The third-order valence-electron chi connectivity index (χ3n) is 3.41. The van der Waals surface area contributed by atoms with Crippen LogP contribution in [0.25, 0.3) is 10.4 Å². The van der Waals surface area contributed by atoms with Gasteiger partial charge in [0.25, 0.3) is 0 Å². The number of hydrogen-bond donors (Lipinski definition) is 1. The van der Waals surface area contributed by atoms with Crippen LogP contribution in [0.15, 0.2) is 30.3 Å². The van der Waals surface area contributed by atoms with Gasteiger partial charge in [-0.25, -0.2) is 0 Å². The van der Waals surface area contributed by atoms with Crippen LogP contribution in [0.3, 0.4) is 0 Å². The quantitative estimate of drug-likeness (QED) is 0.850. The van der Waals surface area contributed by atoms with Gasteiger partial charge in [0.05, 0.1) is 13.0 Å². The summed E-state index contributed by atoms with van der Waals surface area (Å²) in [4.78, 5) is 13.7. The molecular formula is C17H21NO2S. The van der Waals surface area contributed by atoms with Crippen LogP contribution < -0.4 is 5.73 Å². The highest BCUT2D eigenvalue weighted by molar-refractivity contribution is 7.15. The minimum atomic E-state index is -0.299. The van der Waals surface area contributed by atoms with Gasteiger partial charge in [-0.1, -0.05) is 18.2 Å². The van der Waals surface area contributed by atoms with Crippen LogP contribution in [0, 0.1) is 13.8 Å². The number of carbonyl (C=O) groups excluding carboxylic acids is 1. The average molecular weight is 303 g/mol. The SMILES string of the molecule is CCOC(=O)C[C@H](N)c1ccc(-c2c(C)cccc2C)s1. The van der Waals surface area contributed by atoms with Crippen molar-refractivity contribution in [1.82, 2.24) is 0 Å². The standard InChI is InChI=1S/C17H21NO2S/c1-4-20-16(19)10-13(18)14-8-9-15(21-14)17-11(2)6-5-7-12(17)3/h5-9,13H,4,10,18H2,1-3H3/t13-/m0/s1. The number of hydrogen-bond acceptors (Lipinski definition) is 4. The van der Waals surface area contributed by atoms with Gasteiger partial charge in [-0.15, -0.1) is 11.3 Å². The smallest absolute Gasteiger partial charge is 0.307 e. The molecule has 0 radical (unpaired) electrons. The minimum absolute atomic E-state index is 0.223. The van der Waals surface area contributed by atoms with E-state index in [2.05, 4.69) is 38.1 Å². The molecule has 0 aliphatic heterocycles. The molecule has 0 spiro atoms. The van der Waals surface area contributed by atoms with E-state index >= 15 is 0 Å². The van der Waals surface area contributed by atoms with E-state index in [-0.39, 0.29) is 18.4 Å². The van der Waals surface area contributed by atoms with E-state index in [4.69, 9.17) is 10.5 Å². The van der Waals surface area contributed by atoms with Crippen molar-refractivity contribution in [3.63, 3.8) is 0 Å². The van der Waals surface area contributed by atoms with Crippen molar-refractivity contribution in [3.05, 3.63) is 46.3 Å². The maximum Gasteiger partial charge on any atom is 0.307 e. The number of benzene rings is 1. The predicted molar refractivity (Wildman–Crippen MR) is 87.4 cm³/mol. The zero-order chi connectivity index (χ0) is 15.4. The monoisotopic (exact) mass is 303 g/mol. The van der Waals surface area contributed by atoms with Crippen LogP contribution in [-0.4, -0.2) is 12.6 Å². The molecule has 1 atom stereocenters. The molecular weight excluding hydrogens is 282 g/mol. The second-order valence-electron chi connectivity index (χ2n) is 5.08. The molecule has 0 amide bonds. The van der Waals surface area contributed by atoms with E-state index in [1.165, 1.54) is 21.6 Å². The number of rotatable bonds is 5. The number of nitrogens with two attached hydrogens (primary N) is 1. The predicted octanol–water partition coefficient (Wildman–Crippen LogP) is 3.98. The molecule has 4 heteroatoms. The van der Waals surface area contributed by atoms with E-state index in [1.807, 2.05) is 6.07 Å². The molecule has 0 saturated carbocycles. The molecule has 0 bridgehead atoms. The Morgan fingerprint density at radius 1 is 1.24 bits per heavy atom. The van der Waals surface area contributed by atoms with Gasteiger partial charge in [-0.3, -0.25) is 4.79 Å². The second kappa shape index (κ2) is 6.87. The van der Waals surface area contributed by atoms with Crippen molar-refractivity contribution < 1.29 is 9.53 Å². The normalized spacial score (nSPS) is 12.2. The average Bonchev–Trinajstić information content (AvgIpc) is 2.88. The highest BCUT2D eigenvalue weighted by atomic mass is 32.1. The third-order valence-corrected chi connectivity index (χ3v) is 4.65. The maximum atomic E-state index is 11.5. The fourth-order valence-electron chi connectivity index (χ4n) is 2.39. The molecule has 21 heavy (non-hydrogen) atoms. The Balaban J connectivity index is 2.20. The number of esters is 1. The zero-order valence-corrected chi connectivity index (χ0v) is 13.5. The van der Waals surface area contributed by atoms with Gasteiger partial charge in [0.2, 0.25) is 0 Å². The molecule has 3 nitrogen and oxygen atoms in total. The Bertz CT molecular complexity index is 613. The molecule has 2 rings (SSSR count). The van der Waals surface area contributed by atoms with Gasteiger partial charge in [0.1, 0.15) is 0 Å². The maximum absolute atomic E-state index is 11.5. The first-order valence-corrected chi connectivity index (χ1v) is 7.92. The van der Waals surface area contributed by atoms with Crippen LogP contribution in [0.1, 0.15) is 35.4 Å². The highest BCUT2D eigenvalue weighted by Crippen LogP contribution is 2.35. The van der Waals surface area contributed by atoms with E-state index in [0.29, 0.717) is 6.61 Å². The summed E-state index contributed by atoms with van der Waals surface area (Å²) in [5.41, 5.74) is 9.87. The van der Waals surface area contributed by atoms with Crippen LogP contribution in [0.5, 0.6) is 0 Å². The lowest BCUT2D eigenvalue weighted by molar-refractivity contribution is -0.143. The van der Waals surface area contributed by atoms with Crippen LogP contribution >= 0.6 is 11.3 Å². The number of carbonyl (C=O) groups is 1. The molecule has 0 aliphatic carbocycles. The fourth-order valence-corrected chi connectivity index (χ4v) is 3.57. The van der Waals surface area contributed by atoms with Crippen molar-refractivity contribution in [3.8, 4) is 10.4 Å². The van der Waals surface area contributed by atoms with E-state index < -0.39 is 0 Å². The third kappa shape index (κ3) is 3.71. The van der Waals surface area contributed by atoms with Crippen LogP contribution in [0.2, 0.25) is 0 Å². The fraction of sp³-hybridized carbons (Fsp3) is 0.353. The summed E-state index contributed by atoms with van der Waals surface area (Å²) in [6.07, 6.45) is 0.223. The topological polar surface area (TPSA) is 52.3 Å². The molecule has 0 saturated heterocycles. The summed E-state index contributed by atoms with van der Waals surface area (Å²) in [5, 5.41) is 0. The van der Waals surface area contributed by atoms with Gasteiger partial charge < -0.3 is 10.5 Å². The Morgan fingerprint density at radius 3 is 2.52 bits per heavy atom. The number of aryl methyl sites for hydroxylation is 2. The first-order chi connectivity index (χ1) is 10.0. The molecule has 0 unspecified atom stereocenters. The minimum Gasteiger partial charge on any atom is -0.466 e. The van der Waals surface area contributed by atoms with Crippen molar-refractivity contribution in [1.29, 1.82) is 0 Å². The molecule has 2 N–H and O–H groups in total. The molecule has 1 aromatic heterocycles. The molecule has 112 valence electrons. The van der Waals surface area contributed by atoms with Gasteiger partial charge in [0, 0.05) is 15.8 Å². The highest BCUT2D eigenvalue weighted by Gasteiger charge is 2.16. The Kier molecular flexibility index (Phi) is 5.15. The lowest BCUT2D eigenvalue weighted by atomic mass is 10.0. The first-order valence-electron chi connectivity index (χ1n) is 7.10. The summed E-state index contributed by atoms with van der Waals surface area (Å²) < 4.78 is 4.95. The Hall–Kier alpha value is -1.65. The largest absolute Gasteiger partial charge is 0.466 e. The summed E-state index contributed by atoms with van der Waals surface area (Å²) in [5.74, 6) is -0.243. The summed E-state index contributed by atoms with van der Waals surface area (Å²) in [6.45, 7) is 6.41. The molecule has 1 heterocycles. The van der Waals surface area contributed by atoms with E-state index in [9.17, 15) is 4.79 Å². The van der Waals surface area contributed by atoms with Crippen molar-refractivity contribution in [2.75, 3.05) is 6.61 Å². The first kappa shape index (κ1) is 15.7.